The molecular weight excluding hydrogens is 452 g/mol. The molecule has 9 heteroatoms. The van der Waals surface area contributed by atoms with Crippen LogP contribution in [0.15, 0.2) is 83.8 Å². The SMILES string of the molecule is Cc1ccc(S(=O)(=O)Nc2ccc(C(=O)NNC(=O)c3ccc4ccccc4n3)cc2)cc1C. The Hall–Kier alpha value is -4.24. The summed E-state index contributed by atoms with van der Waals surface area (Å²) in [4.78, 5) is 29.2. The molecule has 0 aliphatic rings. The average molecular weight is 475 g/mol. The van der Waals surface area contributed by atoms with Crippen molar-refractivity contribution in [2.75, 3.05) is 4.72 Å². The first kappa shape index (κ1) is 22.9. The molecule has 34 heavy (non-hydrogen) atoms. The van der Waals surface area contributed by atoms with Gasteiger partial charge in [-0.3, -0.25) is 25.2 Å². The van der Waals surface area contributed by atoms with Gasteiger partial charge >= 0.3 is 0 Å². The summed E-state index contributed by atoms with van der Waals surface area (Å²) < 4.78 is 27.8. The summed E-state index contributed by atoms with van der Waals surface area (Å²) in [5, 5.41) is 0.899. The van der Waals surface area contributed by atoms with Crippen LogP contribution >= 0.6 is 0 Å². The van der Waals surface area contributed by atoms with Gasteiger partial charge in [0.1, 0.15) is 5.69 Å². The summed E-state index contributed by atoms with van der Waals surface area (Å²) in [7, 11) is -3.77. The minimum absolute atomic E-state index is 0.155. The molecule has 4 aromatic rings. The molecule has 1 aromatic heterocycles. The normalized spacial score (nSPS) is 11.1. The molecule has 0 spiro atoms. The molecule has 0 saturated carbocycles. The Morgan fingerprint density at radius 3 is 2.21 bits per heavy atom. The van der Waals surface area contributed by atoms with Crippen LogP contribution < -0.4 is 15.6 Å². The van der Waals surface area contributed by atoms with E-state index in [0.717, 1.165) is 16.5 Å². The maximum atomic E-state index is 12.6. The number of fused-ring (bicyclic) bond motifs is 1. The Labute approximate surface area is 197 Å². The molecule has 4 rings (SSSR count). The molecule has 0 unspecified atom stereocenters. The Bertz CT molecular complexity index is 1500. The summed E-state index contributed by atoms with van der Waals surface area (Å²) in [5.74, 6) is -1.12. The van der Waals surface area contributed by atoms with Crippen LogP contribution in [-0.2, 0) is 10.0 Å². The van der Waals surface area contributed by atoms with Crippen LogP contribution in [0.3, 0.4) is 0 Å². The number of nitrogens with one attached hydrogen (secondary N) is 3. The zero-order valence-corrected chi connectivity index (χ0v) is 19.3. The van der Waals surface area contributed by atoms with E-state index in [0.29, 0.717) is 11.2 Å². The van der Waals surface area contributed by atoms with E-state index in [1.807, 2.05) is 32.0 Å². The third kappa shape index (κ3) is 5.05. The van der Waals surface area contributed by atoms with E-state index in [9.17, 15) is 18.0 Å². The van der Waals surface area contributed by atoms with E-state index in [4.69, 9.17) is 0 Å². The molecule has 0 bridgehead atoms. The molecule has 8 nitrogen and oxygen atoms in total. The van der Waals surface area contributed by atoms with E-state index >= 15 is 0 Å². The number of aromatic nitrogens is 1. The van der Waals surface area contributed by atoms with Gasteiger partial charge in [0.2, 0.25) is 0 Å². The Balaban J connectivity index is 1.38. The zero-order chi connectivity index (χ0) is 24.3. The zero-order valence-electron chi connectivity index (χ0n) is 18.5. The number of carbonyl (C=O) groups is 2. The van der Waals surface area contributed by atoms with Crippen LogP contribution in [-0.4, -0.2) is 25.2 Å². The van der Waals surface area contributed by atoms with E-state index in [-0.39, 0.29) is 16.2 Å². The van der Waals surface area contributed by atoms with Crippen molar-refractivity contribution in [3.63, 3.8) is 0 Å². The van der Waals surface area contributed by atoms with Gasteiger partial charge in [0.15, 0.2) is 0 Å². The number of rotatable bonds is 5. The number of aryl methyl sites for hydroxylation is 2. The van der Waals surface area contributed by atoms with Gasteiger partial charge in [-0.2, -0.15) is 0 Å². The second kappa shape index (κ2) is 9.32. The average Bonchev–Trinajstić information content (AvgIpc) is 2.83. The summed E-state index contributed by atoms with van der Waals surface area (Å²) in [5.41, 5.74) is 7.91. The van der Waals surface area contributed by atoms with E-state index in [1.165, 1.54) is 24.3 Å². The smallest absolute Gasteiger partial charge is 0.280 e. The first-order chi connectivity index (χ1) is 16.2. The number of anilines is 1. The molecule has 2 amide bonds. The number of amides is 2. The minimum atomic E-state index is -3.77. The fourth-order valence-corrected chi connectivity index (χ4v) is 4.37. The quantitative estimate of drug-likeness (QED) is 0.381. The summed E-state index contributed by atoms with van der Waals surface area (Å²) in [6, 6.07) is 21.5. The second-order valence-electron chi connectivity index (χ2n) is 7.73. The van der Waals surface area contributed by atoms with Crippen molar-refractivity contribution in [2.24, 2.45) is 0 Å². The van der Waals surface area contributed by atoms with Gasteiger partial charge in [-0.05, 0) is 73.5 Å². The van der Waals surface area contributed by atoms with Gasteiger partial charge in [-0.15, -0.1) is 0 Å². The predicted octanol–water partition coefficient (Wildman–Crippen LogP) is 3.73. The van der Waals surface area contributed by atoms with Crippen molar-refractivity contribution in [3.8, 4) is 0 Å². The van der Waals surface area contributed by atoms with Crippen molar-refractivity contribution in [1.82, 2.24) is 15.8 Å². The van der Waals surface area contributed by atoms with Crippen LogP contribution in [0.1, 0.15) is 32.0 Å². The van der Waals surface area contributed by atoms with Crippen LogP contribution in [0.5, 0.6) is 0 Å². The number of sulfonamides is 1. The summed E-state index contributed by atoms with van der Waals surface area (Å²) >= 11 is 0. The molecular formula is C25H22N4O4S. The van der Waals surface area contributed by atoms with Gasteiger partial charge in [0.25, 0.3) is 21.8 Å². The molecule has 0 aliphatic carbocycles. The van der Waals surface area contributed by atoms with E-state index in [1.54, 1.807) is 36.4 Å². The van der Waals surface area contributed by atoms with Gasteiger partial charge in [-0.1, -0.05) is 30.3 Å². The molecule has 3 N–H and O–H groups in total. The number of benzene rings is 3. The number of hydrogen-bond donors (Lipinski definition) is 3. The van der Waals surface area contributed by atoms with Gasteiger partial charge in [0, 0.05) is 16.6 Å². The monoisotopic (exact) mass is 474 g/mol. The minimum Gasteiger partial charge on any atom is -0.280 e. The fraction of sp³-hybridized carbons (Fsp3) is 0.0800. The van der Waals surface area contributed by atoms with Crippen molar-refractivity contribution < 1.29 is 18.0 Å². The fourth-order valence-electron chi connectivity index (χ4n) is 3.23. The van der Waals surface area contributed by atoms with Crippen molar-refractivity contribution in [3.05, 3.63) is 101 Å². The molecule has 0 radical (unpaired) electrons. The number of para-hydroxylation sites is 1. The highest BCUT2D eigenvalue weighted by Crippen LogP contribution is 2.19. The number of nitrogens with zero attached hydrogens (tertiary/aromatic N) is 1. The third-order valence-corrected chi connectivity index (χ3v) is 6.69. The lowest BCUT2D eigenvalue weighted by Crippen LogP contribution is -2.41. The van der Waals surface area contributed by atoms with Crippen molar-refractivity contribution in [2.45, 2.75) is 18.7 Å². The lowest BCUT2D eigenvalue weighted by molar-refractivity contribution is 0.0844. The lowest BCUT2D eigenvalue weighted by Gasteiger charge is -2.11. The molecule has 0 atom stereocenters. The predicted molar refractivity (Wildman–Crippen MR) is 130 cm³/mol. The maximum absolute atomic E-state index is 12.6. The van der Waals surface area contributed by atoms with Gasteiger partial charge in [-0.25, -0.2) is 13.4 Å². The third-order valence-electron chi connectivity index (χ3n) is 5.31. The number of pyridine rings is 1. The highest BCUT2D eigenvalue weighted by Gasteiger charge is 2.16. The standard InChI is InChI=1S/C25H22N4O4S/c1-16-7-13-21(15-17(16)2)34(32,33)29-20-11-8-19(9-12-20)24(30)27-28-25(31)23-14-10-18-5-3-4-6-22(18)26-23/h3-15,29H,1-2H3,(H,27,30)(H,28,31). The summed E-state index contributed by atoms with van der Waals surface area (Å²) in [6.07, 6.45) is 0. The first-order valence-electron chi connectivity index (χ1n) is 10.4. The highest BCUT2D eigenvalue weighted by molar-refractivity contribution is 7.92. The largest absolute Gasteiger partial charge is 0.288 e. The van der Waals surface area contributed by atoms with Crippen molar-refractivity contribution >= 4 is 38.4 Å². The van der Waals surface area contributed by atoms with Gasteiger partial charge in [0.05, 0.1) is 10.4 Å². The molecule has 0 aliphatic heterocycles. The Morgan fingerprint density at radius 2 is 1.47 bits per heavy atom. The number of carbonyl (C=O) groups excluding carboxylic acids is 2. The maximum Gasteiger partial charge on any atom is 0.288 e. The van der Waals surface area contributed by atoms with E-state index in [2.05, 4.69) is 20.6 Å². The molecule has 0 saturated heterocycles. The number of hydrazine groups is 1. The lowest BCUT2D eigenvalue weighted by atomic mass is 10.1. The first-order valence-corrected chi connectivity index (χ1v) is 11.9. The Kier molecular flexibility index (Phi) is 6.29. The number of hydrogen-bond acceptors (Lipinski definition) is 5. The van der Waals surface area contributed by atoms with Crippen molar-refractivity contribution in [1.29, 1.82) is 0 Å². The highest BCUT2D eigenvalue weighted by atomic mass is 32.2. The van der Waals surface area contributed by atoms with Crippen LogP contribution in [0.25, 0.3) is 10.9 Å². The van der Waals surface area contributed by atoms with Crippen LogP contribution in [0.4, 0.5) is 5.69 Å². The summed E-state index contributed by atoms with van der Waals surface area (Å²) in [6.45, 7) is 3.75. The molecule has 1 heterocycles. The van der Waals surface area contributed by atoms with Gasteiger partial charge < -0.3 is 0 Å². The second-order valence-corrected chi connectivity index (χ2v) is 9.41. The Morgan fingerprint density at radius 1 is 0.765 bits per heavy atom. The molecule has 3 aromatic carbocycles. The van der Waals surface area contributed by atoms with Crippen LogP contribution in [0.2, 0.25) is 0 Å². The topological polar surface area (TPSA) is 117 Å². The van der Waals surface area contributed by atoms with E-state index < -0.39 is 21.8 Å². The van der Waals surface area contributed by atoms with Crippen LogP contribution in [0, 0.1) is 13.8 Å². The molecule has 172 valence electrons. The molecule has 0 fully saturated rings.